The van der Waals surface area contributed by atoms with Gasteiger partial charge in [0, 0.05) is 17.9 Å². The molecule has 3 rings (SSSR count). The Bertz CT molecular complexity index is 543. The third kappa shape index (κ3) is 1.42. The van der Waals surface area contributed by atoms with Crippen molar-refractivity contribution in [1.82, 2.24) is 10.2 Å². The molecule has 0 saturated carbocycles. The SMILES string of the molecule is CN1C(=N)N[C@]2(CCC1=O)c1ccc(Br)cc12. The highest BCUT2D eigenvalue weighted by Crippen LogP contribution is 2.52. The number of guanidine groups is 1. The van der Waals surface area contributed by atoms with E-state index in [1.807, 2.05) is 6.07 Å². The van der Waals surface area contributed by atoms with E-state index >= 15 is 0 Å². The molecule has 0 aromatic heterocycles. The van der Waals surface area contributed by atoms with Crippen molar-refractivity contribution >= 4 is 27.8 Å². The maximum atomic E-state index is 11.7. The summed E-state index contributed by atoms with van der Waals surface area (Å²) in [4.78, 5) is 13.1. The van der Waals surface area contributed by atoms with Gasteiger partial charge >= 0.3 is 0 Å². The summed E-state index contributed by atoms with van der Waals surface area (Å²) in [6, 6.07) is 6.11. The van der Waals surface area contributed by atoms with E-state index in [0.717, 1.165) is 10.9 Å². The number of carbonyl (C=O) groups excluding carboxylic acids is 1. The first kappa shape index (κ1) is 10.8. The number of carbonyl (C=O) groups is 1. The van der Waals surface area contributed by atoms with Crippen molar-refractivity contribution in [1.29, 1.82) is 5.41 Å². The first-order valence-corrected chi connectivity index (χ1v) is 6.28. The van der Waals surface area contributed by atoms with E-state index in [1.165, 1.54) is 16.0 Å². The standard InChI is InChI=1S/C12H12BrN3O/c1-16-10(17)4-5-12(15-11(16)14)8-3-2-7(13)6-9(8)12/h2-3,6H,4-5H2,1H3,(H2,14,15)/t12-/m1/s1. The molecule has 2 N–H and O–H groups in total. The Morgan fingerprint density at radius 2 is 2.24 bits per heavy atom. The second-order valence-electron chi connectivity index (χ2n) is 4.52. The largest absolute Gasteiger partial charge is 0.342 e. The van der Waals surface area contributed by atoms with Gasteiger partial charge in [-0.3, -0.25) is 15.1 Å². The fourth-order valence-corrected chi connectivity index (χ4v) is 2.85. The van der Waals surface area contributed by atoms with Crippen LogP contribution in [-0.2, 0) is 10.3 Å². The van der Waals surface area contributed by atoms with E-state index in [2.05, 4.69) is 33.4 Å². The molecule has 1 aliphatic carbocycles. The molecule has 1 spiro atoms. The summed E-state index contributed by atoms with van der Waals surface area (Å²) in [5.41, 5.74) is 2.12. The molecular weight excluding hydrogens is 282 g/mol. The average Bonchev–Trinajstić information content (AvgIpc) is 2.93. The molecule has 1 saturated heterocycles. The average molecular weight is 294 g/mol. The number of nitrogens with one attached hydrogen (secondary N) is 2. The van der Waals surface area contributed by atoms with Gasteiger partial charge in [0.25, 0.3) is 0 Å². The van der Waals surface area contributed by atoms with Crippen molar-refractivity contribution in [3.63, 3.8) is 0 Å². The van der Waals surface area contributed by atoms with Crippen molar-refractivity contribution in [3.05, 3.63) is 33.8 Å². The van der Waals surface area contributed by atoms with E-state index in [1.54, 1.807) is 7.05 Å². The summed E-state index contributed by atoms with van der Waals surface area (Å²) in [6.07, 6.45) is 1.20. The van der Waals surface area contributed by atoms with Gasteiger partial charge in [-0.05, 0) is 29.7 Å². The van der Waals surface area contributed by atoms with Gasteiger partial charge in [-0.2, -0.15) is 0 Å². The molecule has 1 amide bonds. The number of hydrogen-bond donors (Lipinski definition) is 2. The van der Waals surface area contributed by atoms with Gasteiger partial charge in [-0.1, -0.05) is 22.0 Å². The first-order chi connectivity index (χ1) is 8.04. The topological polar surface area (TPSA) is 56.2 Å². The summed E-state index contributed by atoms with van der Waals surface area (Å²) in [6.45, 7) is 0. The maximum absolute atomic E-state index is 11.7. The predicted molar refractivity (Wildman–Crippen MR) is 67.8 cm³/mol. The monoisotopic (exact) mass is 293 g/mol. The number of benzene rings is 1. The van der Waals surface area contributed by atoms with E-state index in [-0.39, 0.29) is 17.4 Å². The van der Waals surface area contributed by atoms with Crippen molar-refractivity contribution in [3.8, 4) is 0 Å². The van der Waals surface area contributed by atoms with E-state index < -0.39 is 0 Å². The normalized spacial score (nSPS) is 26.6. The number of rotatable bonds is 0. The predicted octanol–water partition coefficient (Wildman–Crippen LogP) is 1.78. The van der Waals surface area contributed by atoms with Crippen LogP contribution < -0.4 is 5.32 Å². The summed E-state index contributed by atoms with van der Waals surface area (Å²) >= 11 is 3.44. The van der Waals surface area contributed by atoms with Crippen LogP contribution in [0.2, 0.25) is 0 Å². The minimum Gasteiger partial charge on any atom is -0.342 e. The molecule has 5 heteroatoms. The molecule has 1 aromatic carbocycles. The van der Waals surface area contributed by atoms with Crippen LogP contribution in [0.15, 0.2) is 22.7 Å². The third-order valence-corrected chi connectivity index (χ3v) is 4.09. The minimum atomic E-state index is -0.274. The van der Waals surface area contributed by atoms with Gasteiger partial charge in [0.05, 0.1) is 5.54 Å². The third-order valence-electron chi connectivity index (χ3n) is 3.59. The maximum Gasteiger partial charge on any atom is 0.229 e. The molecule has 0 unspecified atom stereocenters. The van der Waals surface area contributed by atoms with Gasteiger partial charge < -0.3 is 5.32 Å². The van der Waals surface area contributed by atoms with Crippen LogP contribution in [-0.4, -0.2) is 23.8 Å². The zero-order valence-corrected chi connectivity index (χ0v) is 11.0. The van der Waals surface area contributed by atoms with Gasteiger partial charge in [0.15, 0.2) is 5.96 Å². The van der Waals surface area contributed by atoms with E-state index in [4.69, 9.17) is 5.41 Å². The van der Waals surface area contributed by atoms with Crippen molar-refractivity contribution < 1.29 is 4.79 Å². The van der Waals surface area contributed by atoms with Crippen LogP contribution in [0.3, 0.4) is 0 Å². The van der Waals surface area contributed by atoms with E-state index in [9.17, 15) is 4.79 Å². The molecule has 1 heterocycles. The van der Waals surface area contributed by atoms with Crippen molar-refractivity contribution in [2.45, 2.75) is 18.4 Å². The van der Waals surface area contributed by atoms with Crippen LogP contribution in [0.5, 0.6) is 0 Å². The zero-order chi connectivity index (χ0) is 12.2. The Balaban J connectivity index is 1.97. The smallest absolute Gasteiger partial charge is 0.229 e. The molecule has 4 nitrogen and oxygen atoms in total. The Morgan fingerprint density at radius 3 is 2.94 bits per heavy atom. The molecule has 2 aliphatic rings. The molecule has 0 bridgehead atoms. The number of hydrogen-bond acceptors (Lipinski definition) is 2. The quantitative estimate of drug-likeness (QED) is 0.766. The number of amides is 1. The van der Waals surface area contributed by atoms with Crippen molar-refractivity contribution in [2.75, 3.05) is 7.05 Å². The number of fused-ring (bicyclic) bond motifs is 3. The van der Waals surface area contributed by atoms with Crippen LogP contribution in [0.4, 0.5) is 0 Å². The summed E-state index contributed by atoms with van der Waals surface area (Å²) in [5.74, 6) is 0.177. The fourth-order valence-electron chi connectivity index (χ4n) is 2.48. The molecular formula is C12H12BrN3O. The number of nitrogens with zero attached hydrogens (tertiary/aromatic N) is 1. The van der Waals surface area contributed by atoms with E-state index in [0.29, 0.717) is 6.42 Å². The zero-order valence-electron chi connectivity index (χ0n) is 9.38. The Morgan fingerprint density at radius 1 is 1.47 bits per heavy atom. The summed E-state index contributed by atoms with van der Waals surface area (Å²) in [5, 5.41) is 11.0. The highest BCUT2D eigenvalue weighted by atomic mass is 79.9. The van der Waals surface area contributed by atoms with Crippen LogP contribution in [0.25, 0.3) is 0 Å². The van der Waals surface area contributed by atoms with Crippen molar-refractivity contribution in [2.24, 2.45) is 0 Å². The Kier molecular flexibility index (Phi) is 2.10. The second kappa shape index (κ2) is 3.32. The molecule has 17 heavy (non-hydrogen) atoms. The summed E-state index contributed by atoms with van der Waals surface area (Å²) < 4.78 is 1.03. The molecule has 1 aromatic rings. The van der Waals surface area contributed by atoms with Crippen LogP contribution in [0.1, 0.15) is 24.0 Å². The lowest BCUT2D eigenvalue weighted by Crippen LogP contribution is -2.43. The van der Waals surface area contributed by atoms with Gasteiger partial charge in [0.1, 0.15) is 0 Å². The molecule has 1 atom stereocenters. The molecule has 0 radical (unpaired) electrons. The van der Waals surface area contributed by atoms with Gasteiger partial charge in [0.2, 0.25) is 5.91 Å². The lowest BCUT2D eigenvalue weighted by molar-refractivity contribution is -0.126. The highest BCUT2D eigenvalue weighted by Gasteiger charge is 2.52. The lowest BCUT2D eigenvalue weighted by Gasteiger charge is -2.19. The Hall–Kier alpha value is -1.36. The minimum absolute atomic E-state index is 0.00348. The van der Waals surface area contributed by atoms with Crippen LogP contribution in [0, 0.1) is 5.41 Å². The molecule has 1 fully saturated rings. The number of halogens is 1. The van der Waals surface area contributed by atoms with Gasteiger partial charge in [-0.15, -0.1) is 0 Å². The summed E-state index contributed by atoms with van der Waals surface area (Å²) in [7, 11) is 1.64. The van der Waals surface area contributed by atoms with Crippen LogP contribution >= 0.6 is 15.9 Å². The molecule has 88 valence electrons. The highest BCUT2D eigenvalue weighted by molar-refractivity contribution is 9.10. The fraction of sp³-hybridized carbons (Fsp3) is 0.333. The lowest BCUT2D eigenvalue weighted by atomic mass is 10.1. The molecule has 1 aliphatic heterocycles. The second-order valence-corrected chi connectivity index (χ2v) is 5.44. The van der Waals surface area contributed by atoms with Gasteiger partial charge in [-0.25, -0.2) is 0 Å². The Labute approximate surface area is 108 Å². The first-order valence-electron chi connectivity index (χ1n) is 5.48.